The summed E-state index contributed by atoms with van der Waals surface area (Å²) in [7, 11) is 0. The topological polar surface area (TPSA) is 17.1 Å². The monoisotopic (exact) mass is 196 g/mol. The first-order chi connectivity index (χ1) is 6.13. The quantitative estimate of drug-likeness (QED) is 0.676. The van der Waals surface area contributed by atoms with Gasteiger partial charge in [0.2, 0.25) is 0 Å². The van der Waals surface area contributed by atoms with Gasteiger partial charge in [0.1, 0.15) is 6.29 Å². The van der Waals surface area contributed by atoms with Crippen molar-refractivity contribution in [3.05, 3.63) is 21.9 Å². The molecule has 1 unspecified atom stereocenters. The van der Waals surface area contributed by atoms with Crippen molar-refractivity contribution in [2.45, 2.75) is 33.1 Å². The van der Waals surface area contributed by atoms with E-state index in [1.807, 2.05) is 6.92 Å². The highest BCUT2D eigenvalue weighted by atomic mass is 32.1. The average molecular weight is 196 g/mol. The molecule has 72 valence electrons. The summed E-state index contributed by atoms with van der Waals surface area (Å²) in [6.07, 6.45) is 2.13. The molecule has 0 spiro atoms. The number of thiophene rings is 1. The van der Waals surface area contributed by atoms with Crippen LogP contribution < -0.4 is 0 Å². The van der Waals surface area contributed by atoms with Gasteiger partial charge < -0.3 is 4.79 Å². The molecule has 0 aliphatic heterocycles. The maximum atomic E-state index is 10.5. The highest BCUT2D eigenvalue weighted by Gasteiger charge is 2.07. The fourth-order valence-electron chi connectivity index (χ4n) is 1.22. The molecule has 1 nitrogen and oxygen atoms in total. The van der Waals surface area contributed by atoms with Crippen LogP contribution in [0.3, 0.4) is 0 Å². The maximum Gasteiger partial charge on any atom is 0.127 e. The molecule has 0 aliphatic rings. The minimum Gasteiger partial charge on any atom is -0.303 e. The minimum absolute atomic E-state index is 0.0610. The molecular formula is C11H16OS. The molecule has 1 aromatic rings. The number of rotatable bonds is 4. The molecule has 1 aromatic heterocycles. The molecule has 0 bridgehead atoms. The van der Waals surface area contributed by atoms with Crippen molar-refractivity contribution < 1.29 is 4.79 Å². The predicted molar refractivity (Wildman–Crippen MR) is 57.3 cm³/mol. The van der Waals surface area contributed by atoms with Crippen molar-refractivity contribution in [2.24, 2.45) is 5.92 Å². The van der Waals surface area contributed by atoms with E-state index in [9.17, 15) is 4.79 Å². The van der Waals surface area contributed by atoms with Crippen LogP contribution in [-0.4, -0.2) is 6.29 Å². The molecule has 1 atom stereocenters. The Morgan fingerprint density at radius 3 is 2.62 bits per heavy atom. The van der Waals surface area contributed by atoms with Crippen LogP contribution in [0.25, 0.3) is 0 Å². The fourth-order valence-corrected chi connectivity index (χ4v) is 2.45. The maximum absolute atomic E-state index is 10.5. The molecule has 2 heteroatoms. The van der Waals surface area contributed by atoms with E-state index in [1.165, 1.54) is 9.75 Å². The standard InChI is InChI=1S/C11H16OS/c1-8(2)6-10-4-5-11(13-10)9(3)7-12/h4-5,7-9H,6H2,1-3H3. The summed E-state index contributed by atoms with van der Waals surface area (Å²) < 4.78 is 0. The Morgan fingerprint density at radius 2 is 2.08 bits per heavy atom. The van der Waals surface area contributed by atoms with Crippen LogP contribution in [0.5, 0.6) is 0 Å². The number of hydrogen-bond acceptors (Lipinski definition) is 2. The van der Waals surface area contributed by atoms with Crippen molar-refractivity contribution in [1.82, 2.24) is 0 Å². The van der Waals surface area contributed by atoms with Crippen molar-refractivity contribution >= 4 is 17.6 Å². The lowest BCUT2D eigenvalue weighted by Gasteiger charge is -2.00. The Morgan fingerprint density at radius 1 is 1.38 bits per heavy atom. The van der Waals surface area contributed by atoms with Crippen LogP contribution in [0.15, 0.2) is 12.1 Å². The number of aldehydes is 1. The Balaban J connectivity index is 2.68. The third kappa shape index (κ3) is 2.96. The molecule has 0 fully saturated rings. The van der Waals surface area contributed by atoms with E-state index < -0.39 is 0 Å². The number of carbonyl (C=O) groups excluding carboxylic acids is 1. The summed E-state index contributed by atoms with van der Waals surface area (Å²) in [5.74, 6) is 0.754. The first-order valence-corrected chi connectivity index (χ1v) is 5.49. The Labute approximate surface area is 83.8 Å². The molecule has 0 amide bonds. The normalized spacial score (nSPS) is 13.2. The lowest BCUT2D eigenvalue weighted by Crippen LogP contribution is -1.90. The third-order valence-corrected chi connectivity index (χ3v) is 3.25. The van der Waals surface area contributed by atoms with Gasteiger partial charge >= 0.3 is 0 Å². The molecule has 0 N–H and O–H groups in total. The Bertz CT molecular complexity index is 275. The molecule has 0 aliphatic carbocycles. The molecule has 0 radical (unpaired) electrons. The minimum atomic E-state index is 0.0610. The van der Waals surface area contributed by atoms with Crippen molar-refractivity contribution in [2.75, 3.05) is 0 Å². The van der Waals surface area contributed by atoms with Gasteiger partial charge in [0.05, 0.1) is 0 Å². The first kappa shape index (κ1) is 10.5. The van der Waals surface area contributed by atoms with Crippen LogP contribution in [0.1, 0.15) is 36.4 Å². The van der Waals surface area contributed by atoms with Crippen molar-refractivity contribution in [3.8, 4) is 0 Å². The summed E-state index contributed by atoms with van der Waals surface area (Å²) in [5.41, 5.74) is 0. The second kappa shape index (κ2) is 4.56. The molecule has 1 heterocycles. The molecule has 1 rings (SSSR count). The largest absolute Gasteiger partial charge is 0.303 e. The smallest absolute Gasteiger partial charge is 0.127 e. The van der Waals surface area contributed by atoms with Crippen LogP contribution in [0.2, 0.25) is 0 Å². The van der Waals surface area contributed by atoms with Gasteiger partial charge in [-0.1, -0.05) is 20.8 Å². The molecule has 13 heavy (non-hydrogen) atoms. The molecular weight excluding hydrogens is 180 g/mol. The summed E-state index contributed by atoms with van der Waals surface area (Å²) in [6.45, 7) is 6.36. The zero-order valence-electron chi connectivity index (χ0n) is 8.41. The van der Waals surface area contributed by atoms with Crippen LogP contribution >= 0.6 is 11.3 Å². The van der Waals surface area contributed by atoms with Gasteiger partial charge in [-0.25, -0.2) is 0 Å². The van der Waals surface area contributed by atoms with E-state index in [1.54, 1.807) is 11.3 Å². The lowest BCUT2D eigenvalue weighted by molar-refractivity contribution is -0.108. The second-order valence-corrected chi connectivity index (χ2v) is 5.03. The van der Waals surface area contributed by atoms with E-state index in [0.717, 1.165) is 12.7 Å². The number of carbonyl (C=O) groups is 1. The van der Waals surface area contributed by atoms with E-state index in [4.69, 9.17) is 0 Å². The van der Waals surface area contributed by atoms with Gasteiger partial charge in [0.25, 0.3) is 0 Å². The summed E-state index contributed by atoms with van der Waals surface area (Å²) in [4.78, 5) is 13.1. The lowest BCUT2D eigenvalue weighted by atomic mass is 10.1. The average Bonchev–Trinajstić information content (AvgIpc) is 2.50. The van der Waals surface area contributed by atoms with Gasteiger partial charge in [0, 0.05) is 15.7 Å². The number of hydrogen-bond donors (Lipinski definition) is 0. The summed E-state index contributed by atoms with van der Waals surface area (Å²) >= 11 is 1.76. The molecule has 0 aromatic carbocycles. The third-order valence-electron chi connectivity index (χ3n) is 1.94. The van der Waals surface area contributed by atoms with E-state index in [-0.39, 0.29) is 5.92 Å². The summed E-state index contributed by atoms with van der Waals surface area (Å²) in [6, 6.07) is 4.21. The zero-order chi connectivity index (χ0) is 9.84. The Hall–Kier alpha value is -0.630. The zero-order valence-corrected chi connectivity index (χ0v) is 9.23. The second-order valence-electron chi connectivity index (χ2n) is 3.83. The van der Waals surface area contributed by atoms with Crippen LogP contribution in [-0.2, 0) is 11.2 Å². The predicted octanol–water partition coefficient (Wildman–Crippen LogP) is 3.25. The van der Waals surface area contributed by atoms with Gasteiger partial charge in [-0.2, -0.15) is 0 Å². The van der Waals surface area contributed by atoms with Crippen LogP contribution in [0, 0.1) is 5.92 Å². The molecule has 0 saturated carbocycles. The van der Waals surface area contributed by atoms with Crippen molar-refractivity contribution in [1.29, 1.82) is 0 Å². The highest BCUT2D eigenvalue weighted by molar-refractivity contribution is 7.12. The first-order valence-electron chi connectivity index (χ1n) is 4.67. The highest BCUT2D eigenvalue weighted by Crippen LogP contribution is 2.25. The van der Waals surface area contributed by atoms with Gasteiger partial charge in [-0.05, 0) is 24.5 Å². The van der Waals surface area contributed by atoms with Crippen LogP contribution in [0.4, 0.5) is 0 Å². The molecule has 0 saturated heterocycles. The van der Waals surface area contributed by atoms with Gasteiger partial charge in [-0.3, -0.25) is 0 Å². The van der Waals surface area contributed by atoms with Gasteiger partial charge in [0.15, 0.2) is 0 Å². The van der Waals surface area contributed by atoms with Crippen molar-refractivity contribution in [3.63, 3.8) is 0 Å². The Kier molecular flexibility index (Phi) is 3.67. The van der Waals surface area contributed by atoms with E-state index in [2.05, 4.69) is 26.0 Å². The fraction of sp³-hybridized carbons (Fsp3) is 0.545. The van der Waals surface area contributed by atoms with Gasteiger partial charge in [-0.15, -0.1) is 11.3 Å². The van der Waals surface area contributed by atoms with E-state index >= 15 is 0 Å². The summed E-state index contributed by atoms with van der Waals surface area (Å²) in [5, 5.41) is 0. The van der Waals surface area contributed by atoms with E-state index in [0.29, 0.717) is 5.92 Å². The SMILES string of the molecule is CC(C)Cc1ccc(C(C)C=O)s1.